The highest BCUT2D eigenvalue weighted by molar-refractivity contribution is 7.89. The molecule has 0 amide bonds. The first-order valence-corrected chi connectivity index (χ1v) is 10.2. The van der Waals surface area contributed by atoms with E-state index in [4.69, 9.17) is 16.3 Å². The lowest BCUT2D eigenvalue weighted by Crippen LogP contribution is -2.40. The van der Waals surface area contributed by atoms with E-state index >= 15 is 0 Å². The number of benzene rings is 1. The van der Waals surface area contributed by atoms with Crippen molar-refractivity contribution in [3.63, 3.8) is 0 Å². The van der Waals surface area contributed by atoms with Crippen molar-refractivity contribution in [2.45, 2.75) is 37.1 Å². The molecule has 3 rings (SSSR count). The number of halogens is 1. The molecule has 0 N–H and O–H groups in total. The number of sulfonamides is 1. The molecule has 1 aliphatic rings. The lowest BCUT2D eigenvalue weighted by molar-refractivity contribution is 0.0730. The van der Waals surface area contributed by atoms with Crippen LogP contribution in [0.15, 0.2) is 23.1 Å². The molecule has 132 valence electrons. The van der Waals surface area contributed by atoms with E-state index in [1.54, 1.807) is 12.1 Å². The van der Waals surface area contributed by atoms with Gasteiger partial charge in [0.25, 0.3) is 0 Å². The SMILES string of the molecule is CCCCn1c(CCl)nc2cc(S(=O)(=O)N3CCOCC3)ccc21. The zero-order valence-electron chi connectivity index (χ0n) is 13.7. The molecule has 2 aromatic rings. The Labute approximate surface area is 147 Å². The van der Waals surface area contributed by atoms with Crippen molar-refractivity contribution in [2.24, 2.45) is 0 Å². The van der Waals surface area contributed by atoms with E-state index in [0.29, 0.717) is 37.7 Å². The number of unbranched alkanes of at least 4 members (excludes halogenated alkanes) is 1. The second-order valence-corrected chi connectivity index (χ2v) is 8.04. The molecule has 24 heavy (non-hydrogen) atoms. The van der Waals surface area contributed by atoms with Crippen LogP contribution in [-0.4, -0.2) is 48.6 Å². The Morgan fingerprint density at radius 1 is 1.29 bits per heavy atom. The van der Waals surface area contributed by atoms with Gasteiger partial charge in [-0.05, 0) is 24.6 Å². The van der Waals surface area contributed by atoms with Crippen molar-refractivity contribution >= 4 is 32.7 Å². The summed E-state index contributed by atoms with van der Waals surface area (Å²) in [6.45, 7) is 4.61. The standard InChI is InChI=1S/C16H22ClN3O3S/c1-2-3-6-20-15-5-4-13(11-14(15)18-16(20)12-17)24(21,22)19-7-9-23-10-8-19/h4-5,11H,2-3,6-10,12H2,1H3. The minimum absolute atomic E-state index is 0.276. The van der Waals surface area contributed by atoms with E-state index in [-0.39, 0.29) is 4.90 Å². The molecule has 8 heteroatoms. The van der Waals surface area contributed by atoms with Crippen molar-refractivity contribution in [1.29, 1.82) is 0 Å². The number of imidazole rings is 1. The maximum absolute atomic E-state index is 12.8. The van der Waals surface area contributed by atoms with E-state index in [9.17, 15) is 8.42 Å². The molecule has 1 aromatic carbocycles. The van der Waals surface area contributed by atoms with Gasteiger partial charge in [0.1, 0.15) is 5.82 Å². The summed E-state index contributed by atoms with van der Waals surface area (Å²) in [5.41, 5.74) is 1.61. The Hall–Kier alpha value is -1.15. The van der Waals surface area contributed by atoms with Crippen LogP contribution in [-0.2, 0) is 27.2 Å². The molecule has 0 radical (unpaired) electrons. The van der Waals surface area contributed by atoms with Crippen LogP contribution >= 0.6 is 11.6 Å². The van der Waals surface area contributed by atoms with E-state index < -0.39 is 10.0 Å². The maximum Gasteiger partial charge on any atom is 0.243 e. The molecule has 0 unspecified atom stereocenters. The Kier molecular flexibility index (Phi) is 5.44. The third kappa shape index (κ3) is 3.31. The van der Waals surface area contributed by atoms with Gasteiger partial charge in [-0.15, -0.1) is 11.6 Å². The normalized spacial score (nSPS) is 16.8. The van der Waals surface area contributed by atoms with Gasteiger partial charge in [-0.25, -0.2) is 13.4 Å². The van der Waals surface area contributed by atoms with E-state index in [1.807, 2.05) is 6.07 Å². The number of ether oxygens (including phenoxy) is 1. The molecule has 0 saturated carbocycles. The number of aryl methyl sites for hydroxylation is 1. The molecule has 0 spiro atoms. The number of hydrogen-bond acceptors (Lipinski definition) is 4. The van der Waals surface area contributed by atoms with Crippen LogP contribution in [0.3, 0.4) is 0 Å². The van der Waals surface area contributed by atoms with Crippen molar-refractivity contribution in [3.8, 4) is 0 Å². The van der Waals surface area contributed by atoms with Gasteiger partial charge in [0.2, 0.25) is 10.0 Å². The van der Waals surface area contributed by atoms with Crippen LogP contribution in [0.5, 0.6) is 0 Å². The lowest BCUT2D eigenvalue weighted by atomic mass is 10.3. The number of morpholine rings is 1. The number of fused-ring (bicyclic) bond motifs is 1. The highest BCUT2D eigenvalue weighted by atomic mass is 35.5. The third-order valence-electron chi connectivity index (χ3n) is 4.26. The Balaban J connectivity index is 1.99. The number of rotatable bonds is 6. The highest BCUT2D eigenvalue weighted by Crippen LogP contribution is 2.24. The first-order chi connectivity index (χ1) is 11.6. The molecule has 1 fully saturated rings. The van der Waals surface area contributed by atoms with Gasteiger partial charge in [0.15, 0.2) is 0 Å². The molecule has 0 bridgehead atoms. The van der Waals surface area contributed by atoms with Crippen LogP contribution in [0.4, 0.5) is 0 Å². The van der Waals surface area contributed by atoms with Crippen molar-refractivity contribution in [2.75, 3.05) is 26.3 Å². The van der Waals surface area contributed by atoms with Gasteiger partial charge < -0.3 is 9.30 Å². The van der Waals surface area contributed by atoms with E-state index in [2.05, 4.69) is 16.5 Å². The zero-order chi connectivity index (χ0) is 17.2. The molecule has 1 aromatic heterocycles. The second-order valence-electron chi connectivity index (χ2n) is 5.83. The van der Waals surface area contributed by atoms with Gasteiger partial charge in [0, 0.05) is 19.6 Å². The monoisotopic (exact) mass is 371 g/mol. The quantitative estimate of drug-likeness (QED) is 0.732. The summed E-state index contributed by atoms with van der Waals surface area (Å²) in [7, 11) is -3.51. The van der Waals surface area contributed by atoms with Crippen molar-refractivity contribution < 1.29 is 13.2 Å². The summed E-state index contributed by atoms with van der Waals surface area (Å²) in [6, 6.07) is 5.15. The average Bonchev–Trinajstić information content (AvgIpc) is 2.97. The summed E-state index contributed by atoms with van der Waals surface area (Å²) in [4.78, 5) is 4.80. The highest BCUT2D eigenvalue weighted by Gasteiger charge is 2.27. The van der Waals surface area contributed by atoms with Crippen LogP contribution in [0.2, 0.25) is 0 Å². The molecule has 1 saturated heterocycles. The van der Waals surface area contributed by atoms with Crippen LogP contribution in [0.25, 0.3) is 11.0 Å². The molecular weight excluding hydrogens is 350 g/mol. The topological polar surface area (TPSA) is 64.4 Å². The number of aromatic nitrogens is 2. The summed E-state index contributed by atoms with van der Waals surface area (Å²) in [5.74, 6) is 1.09. The van der Waals surface area contributed by atoms with E-state index in [1.165, 1.54) is 4.31 Å². The molecule has 2 heterocycles. The van der Waals surface area contributed by atoms with Gasteiger partial charge in [-0.2, -0.15) is 4.31 Å². The fourth-order valence-corrected chi connectivity index (χ4v) is 4.56. The number of nitrogens with zero attached hydrogens (tertiary/aromatic N) is 3. The summed E-state index contributed by atoms with van der Waals surface area (Å²) >= 11 is 6.01. The number of hydrogen-bond donors (Lipinski definition) is 0. The molecule has 0 atom stereocenters. The lowest BCUT2D eigenvalue weighted by Gasteiger charge is -2.26. The number of alkyl halides is 1. The van der Waals surface area contributed by atoms with Gasteiger partial charge in [-0.3, -0.25) is 0 Å². The first-order valence-electron chi connectivity index (χ1n) is 8.21. The van der Waals surface area contributed by atoms with Crippen molar-refractivity contribution in [1.82, 2.24) is 13.9 Å². The minimum atomic E-state index is -3.51. The predicted molar refractivity (Wildman–Crippen MR) is 93.8 cm³/mol. The Morgan fingerprint density at radius 3 is 2.71 bits per heavy atom. The summed E-state index contributed by atoms with van der Waals surface area (Å²) in [5, 5.41) is 0. The van der Waals surface area contributed by atoms with Crippen LogP contribution in [0.1, 0.15) is 25.6 Å². The second kappa shape index (κ2) is 7.39. The van der Waals surface area contributed by atoms with Crippen molar-refractivity contribution in [3.05, 3.63) is 24.0 Å². The molecular formula is C16H22ClN3O3S. The Bertz CT molecular complexity index is 813. The van der Waals surface area contributed by atoms with Gasteiger partial charge in [-0.1, -0.05) is 13.3 Å². The van der Waals surface area contributed by atoms with Crippen LogP contribution < -0.4 is 0 Å². The predicted octanol–water partition coefficient (Wildman–Crippen LogP) is 2.60. The van der Waals surface area contributed by atoms with Gasteiger partial charge >= 0.3 is 0 Å². The smallest absolute Gasteiger partial charge is 0.243 e. The minimum Gasteiger partial charge on any atom is -0.379 e. The third-order valence-corrected chi connectivity index (χ3v) is 6.40. The molecule has 0 aliphatic carbocycles. The van der Waals surface area contributed by atoms with Gasteiger partial charge in [0.05, 0.1) is 35.0 Å². The molecule has 1 aliphatic heterocycles. The molecule has 6 nitrogen and oxygen atoms in total. The largest absolute Gasteiger partial charge is 0.379 e. The average molecular weight is 372 g/mol. The first kappa shape index (κ1) is 17.7. The fourth-order valence-electron chi connectivity index (χ4n) is 2.92. The maximum atomic E-state index is 12.8. The van der Waals surface area contributed by atoms with E-state index in [0.717, 1.165) is 30.7 Å². The fraction of sp³-hybridized carbons (Fsp3) is 0.562. The summed E-state index contributed by atoms with van der Waals surface area (Å²) < 4.78 is 34.3. The zero-order valence-corrected chi connectivity index (χ0v) is 15.3. The van der Waals surface area contributed by atoms with Crippen LogP contribution in [0, 0.1) is 0 Å². The summed E-state index contributed by atoms with van der Waals surface area (Å²) in [6.07, 6.45) is 2.11. The Morgan fingerprint density at radius 2 is 2.04 bits per heavy atom.